The first-order chi connectivity index (χ1) is 28.7. The number of halogens is 6. The Morgan fingerprint density at radius 1 is 0.483 bits per heavy atom. The summed E-state index contributed by atoms with van der Waals surface area (Å²) in [6, 6.07) is 39.1. The number of fused-ring (bicyclic) bond motifs is 5. The Labute approximate surface area is 358 Å². The van der Waals surface area contributed by atoms with Crippen LogP contribution in [0.3, 0.4) is 0 Å². The Balaban J connectivity index is 1.33. The fourth-order valence-corrected chi connectivity index (χ4v) is 24.1. The van der Waals surface area contributed by atoms with E-state index in [0.29, 0.717) is 11.1 Å². The molecule has 3 aliphatic rings. The van der Waals surface area contributed by atoms with Gasteiger partial charge in [0.15, 0.2) is 0 Å². The van der Waals surface area contributed by atoms with E-state index in [0.717, 1.165) is 35.1 Å². The first-order valence-electron chi connectivity index (χ1n) is 20.8. The Hall–Kier alpha value is -4.52. The zero-order chi connectivity index (χ0) is 42.1. The molecule has 1 aliphatic heterocycles. The molecule has 60 heavy (non-hydrogen) atoms. The van der Waals surface area contributed by atoms with Crippen molar-refractivity contribution in [1.82, 2.24) is 0 Å². The summed E-state index contributed by atoms with van der Waals surface area (Å²) < 4.78 is 89.4. The van der Waals surface area contributed by atoms with Crippen LogP contribution in [0, 0.1) is 11.8 Å². The molecule has 1 heterocycles. The van der Waals surface area contributed by atoms with Crippen LogP contribution < -0.4 is 13.6 Å². The van der Waals surface area contributed by atoms with Gasteiger partial charge in [-0.2, -0.15) is 0 Å². The van der Waals surface area contributed by atoms with Crippen LogP contribution in [-0.2, 0) is 34.1 Å². The molecule has 2 aliphatic carbocycles. The van der Waals surface area contributed by atoms with Crippen molar-refractivity contribution in [3.05, 3.63) is 172 Å². The molecular weight excluding hydrogens is 858 g/mol. The van der Waals surface area contributed by atoms with Gasteiger partial charge in [-0.3, -0.25) is 0 Å². The van der Waals surface area contributed by atoms with Crippen molar-refractivity contribution < 1.29 is 48.1 Å². The molecule has 8 heteroatoms. The molecule has 0 bridgehead atoms. The standard InChI is InChI=1S/2C20H18F3.C12H9Si.Zr/c2*1-13(2)10-14-11-15-6-5-8-16(18(15)12-14)17-7-3-4-9-19(17)20(21,22)23;1-3-7-11-9(5-1)10-6-2-4-8-12(10)13-11;/h2*3-9,11-13H,10H2,1-2H3;1-7H,13H2;. The van der Waals surface area contributed by atoms with Crippen LogP contribution in [0.25, 0.3) is 45.5 Å². The molecule has 2 unspecified atom stereocenters. The third kappa shape index (κ3) is 7.26. The van der Waals surface area contributed by atoms with Gasteiger partial charge in [0.05, 0.1) is 0 Å². The fraction of sp³-hybridized carbons (Fsp3) is 0.231. The van der Waals surface area contributed by atoms with Gasteiger partial charge in [-0.05, 0) is 0 Å². The van der Waals surface area contributed by atoms with Crippen molar-refractivity contribution in [2.24, 2.45) is 11.8 Å². The van der Waals surface area contributed by atoms with Gasteiger partial charge in [-0.25, -0.2) is 0 Å². The summed E-state index contributed by atoms with van der Waals surface area (Å²) in [5.41, 5.74) is 9.21. The quantitative estimate of drug-likeness (QED) is 0.100. The third-order valence-corrected chi connectivity index (χ3v) is 24.5. The molecule has 0 saturated carbocycles. The zero-order valence-electron chi connectivity index (χ0n) is 34.0. The minimum atomic E-state index is -4.53. The fourth-order valence-electron chi connectivity index (χ4n) is 10.3. The summed E-state index contributed by atoms with van der Waals surface area (Å²) in [7, 11) is -0.896. The number of allylic oxidation sites excluding steroid dienone is 2. The van der Waals surface area contributed by atoms with E-state index < -0.39 is 54.7 Å². The zero-order valence-corrected chi connectivity index (χ0v) is 37.8. The van der Waals surface area contributed by atoms with E-state index in [1.165, 1.54) is 60.2 Å². The van der Waals surface area contributed by atoms with Gasteiger partial charge >= 0.3 is 361 Å². The summed E-state index contributed by atoms with van der Waals surface area (Å²) in [5.74, 6) is 0.575. The van der Waals surface area contributed by atoms with E-state index in [4.69, 9.17) is 0 Å². The van der Waals surface area contributed by atoms with Crippen LogP contribution >= 0.6 is 0 Å². The van der Waals surface area contributed by atoms with E-state index in [1.807, 2.05) is 24.3 Å². The molecule has 6 aromatic rings. The second-order valence-corrected chi connectivity index (χ2v) is 25.5. The summed E-state index contributed by atoms with van der Waals surface area (Å²) in [6.45, 7) is 8.81. The average molecular weight is 903 g/mol. The van der Waals surface area contributed by atoms with Gasteiger partial charge < -0.3 is 0 Å². The monoisotopic (exact) mass is 901 g/mol. The summed E-state index contributed by atoms with van der Waals surface area (Å²) >= 11 is -3.39. The van der Waals surface area contributed by atoms with Crippen LogP contribution in [0.2, 0.25) is 0 Å². The second-order valence-electron chi connectivity index (χ2n) is 17.3. The van der Waals surface area contributed by atoms with Crippen molar-refractivity contribution in [3.63, 3.8) is 0 Å². The summed E-state index contributed by atoms with van der Waals surface area (Å²) in [4.78, 5) is 0. The molecular formula is C52H45F6SiZr. The Kier molecular flexibility index (Phi) is 10.7. The van der Waals surface area contributed by atoms with Crippen LogP contribution in [0.5, 0.6) is 0 Å². The topological polar surface area (TPSA) is 0 Å². The average Bonchev–Trinajstić information content (AvgIpc) is 3.88. The normalized spacial score (nSPS) is 17.1. The van der Waals surface area contributed by atoms with E-state index in [-0.39, 0.29) is 30.2 Å². The third-order valence-electron chi connectivity index (χ3n) is 12.4. The molecule has 0 fully saturated rings. The molecule has 0 nitrogen and oxygen atoms in total. The minimum absolute atomic E-state index is 0.00959. The maximum atomic E-state index is 14.7. The Morgan fingerprint density at radius 2 is 0.900 bits per heavy atom. The van der Waals surface area contributed by atoms with E-state index in [1.54, 1.807) is 24.3 Å². The van der Waals surface area contributed by atoms with Gasteiger partial charge in [0.25, 0.3) is 0 Å². The number of hydrogen-bond donors (Lipinski definition) is 0. The molecule has 0 N–H and O–H groups in total. The SMILES string of the molecule is CC(C)CC1=Cc2c(-c3ccccc3C(F)(F)F)cccc2[CH]1[Zr]([c]1cccc2c1[SiH2]c1ccccc1-2)[CH]1C(CC(C)C)=Cc2c(-c3ccccc3C(F)(F)F)cccc21. The van der Waals surface area contributed by atoms with E-state index in [2.05, 4.69) is 94.4 Å². The number of benzene rings is 6. The van der Waals surface area contributed by atoms with Gasteiger partial charge in [0, 0.05) is 0 Å². The second kappa shape index (κ2) is 15.7. The molecule has 9 rings (SSSR count). The first-order valence-corrected chi connectivity index (χ1v) is 26.3. The van der Waals surface area contributed by atoms with Crippen LogP contribution in [0.4, 0.5) is 26.3 Å². The van der Waals surface area contributed by atoms with Gasteiger partial charge in [-0.1, -0.05) is 0 Å². The first kappa shape index (κ1) is 40.9. The van der Waals surface area contributed by atoms with E-state index >= 15 is 0 Å². The molecule has 6 aromatic carbocycles. The molecule has 0 aromatic heterocycles. The van der Waals surface area contributed by atoms with Crippen molar-refractivity contribution in [3.8, 4) is 33.4 Å². The molecule has 2 atom stereocenters. The molecule has 0 spiro atoms. The van der Waals surface area contributed by atoms with Gasteiger partial charge in [-0.15, -0.1) is 0 Å². The van der Waals surface area contributed by atoms with Crippen molar-refractivity contribution in [2.75, 3.05) is 0 Å². The molecule has 303 valence electrons. The van der Waals surface area contributed by atoms with E-state index in [9.17, 15) is 26.3 Å². The number of rotatable bonds is 9. The van der Waals surface area contributed by atoms with Crippen molar-refractivity contribution in [1.29, 1.82) is 0 Å². The van der Waals surface area contributed by atoms with Crippen LogP contribution in [0.15, 0.2) is 139 Å². The Morgan fingerprint density at radius 3 is 1.38 bits per heavy atom. The predicted octanol–water partition coefficient (Wildman–Crippen LogP) is 12.8. The molecule has 0 saturated heterocycles. The summed E-state index contributed by atoms with van der Waals surface area (Å²) in [6.07, 6.45) is -3.04. The molecule has 0 amide bonds. The summed E-state index contributed by atoms with van der Waals surface area (Å²) in [5, 5.41) is 2.87. The predicted molar refractivity (Wildman–Crippen MR) is 233 cm³/mol. The number of hydrogen-bond acceptors (Lipinski definition) is 0. The van der Waals surface area contributed by atoms with Crippen LogP contribution in [0.1, 0.15) is 81.2 Å². The maximum absolute atomic E-state index is 14.7. The van der Waals surface area contributed by atoms with Crippen molar-refractivity contribution in [2.45, 2.75) is 60.1 Å². The van der Waals surface area contributed by atoms with Crippen LogP contribution in [-0.4, -0.2) is 9.52 Å². The van der Waals surface area contributed by atoms with Crippen molar-refractivity contribution >= 4 is 35.3 Å². The number of alkyl halides is 6. The van der Waals surface area contributed by atoms with Gasteiger partial charge in [0.2, 0.25) is 0 Å². The molecule has 0 radical (unpaired) electrons. The van der Waals surface area contributed by atoms with Gasteiger partial charge in [0.1, 0.15) is 0 Å². The Bertz CT molecular complexity index is 2560.